The highest BCUT2D eigenvalue weighted by Gasteiger charge is 2.32. The number of hydrogen-bond donors (Lipinski definition) is 0. The Morgan fingerprint density at radius 3 is 2.62 bits per heavy atom. The Balaban J connectivity index is 2.55. The van der Waals surface area contributed by atoms with Gasteiger partial charge < -0.3 is 0 Å². The second kappa shape index (κ2) is 4.50. The second-order valence-electron chi connectivity index (χ2n) is 4.46. The highest BCUT2D eigenvalue weighted by Crippen LogP contribution is 2.33. The average molecular weight is 200 g/mol. The quantitative estimate of drug-likeness (QED) is 0.695. The molecule has 0 aliphatic carbocycles. The van der Waals surface area contributed by atoms with Gasteiger partial charge in [0.05, 0.1) is 5.25 Å². The van der Waals surface area contributed by atoms with Gasteiger partial charge in [-0.15, -0.1) is 0 Å². The molecule has 1 saturated heterocycles. The molecule has 1 unspecified atom stereocenters. The molecule has 0 saturated carbocycles. The molecule has 1 fully saturated rings. The van der Waals surface area contributed by atoms with Crippen LogP contribution < -0.4 is 0 Å². The highest BCUT2D eigenvalue weighted by molar-refractivity contribution is 8.00. The van der Waals surface area contributed by atoms with E-state index in [2.05, 4.69) is 20.8 Å². The van der Waals surface area contributed by atoms with E-state index in [1.807, 2.05) is 11.8 Å². The van der Waals surface area contributed by atoms with Crippen molar-refractivity contribution in [1.29, 1.82) is 0 Å². The molecule has 0 amide bonds. The smallest absolute Gasteiger partial charge is 0.151 e. The van der Waals surface area contributed by atoms with E-state index < -0.39 is 0 Å². The predicted octanol–water partition coefficient (Wildman–Crippen LogP) is 3.28. The summed E-state index contributed by atoms with van der Waals surface area (Å²) in [7, 11) is 0. The molecule has 1 aliphatic heterocycles. The topological polar surface area (TPSA) is 17.1 Å². The lowest BCUT2D eigenvalue weighted by atomic mass is 9.82. The van der Waals surface area contributed by atoms with E-state index in [0.29, 0.717) is 11.0 Å². The normalized spacial score (nSPS) is 24.4. The summed E-state index contributed by atoms with van der Waals surface area (Å²) in [4.78, 5) is 12.0. The van der Waals surface area contributed by atoms with Gasteiger partial charge in [-0.25, -0.2) is 0 Å². The molecule has 76 valence electrons. The molecule has 0 aromatic heterocycles. The third-order valence-corrected chi connectivity index (χ3v) is 4.40. The van der Waals surface area contributed by atoms with Crippen LogP contribution in [0.5, 0.6) is 0 Å². The lowest BCUT2D eigenvalue weighted by Gasteiger charge is -2.29. The molecular formula is C11H20OS. The lowest BCUT2D eigenvalue weighted by molar-refractivity contribution is -0.126. The molecule has 1 aliphatic rings. The molecule has 0 N–H and O–H groups in total. The van der Waals surface area contributed by atoms with Gasteiger partial charge in [0.15, 0.2) is 5.78 Å². The van der Waals surface area contributed by atoms with Crippen molar-refractivity contribution in [3.8, 4) is 0 Å². The first-order chi connectivity index (χ1) is 6.08. The summed E-state index contributed by atoms with van der Waals surface area (Å²) in [5, 5.41) is 0.295. The lowest BCUT2D eigenvalue weighted by Crippen LogP contribution is -2.33. The SMILES string of the molecule is CCC(C)(C)C(=O)C1CCCCS1. The number of thioether (sulfide) groups is 1. The van der Waals surface area contributed by atoms with Crippen molar-refractivity contribution in [3.63, 3.8) is 0 Å². The molecule has 1 nitrogen and oxygen atoms in total. The summed E-state index contributed by atoms with van der Waals surface area (Å²) in [6.45, 7) is 6.25. The van der Waals surface area contributed by atoms with Crippen LogP contribution in [-0.4, -0.2) is 16.8 Å². The van der Waals surface area contributed by atoms with Crippen LogP contribution in [0.3, 0.4) is 0 Å². The Morgan fingerprint density at radius 1 is 1.46 bits per heavy atom. The van der Waals surface area contributed by atoms with Gasteiger partial charge in [0.2, 0.25) is 0 Å². The molecule has 0 spiro atoms. The van der Waals surface area contributed by atoms with Gasteiger partial charge in [-0.1, -0.05) is 27.2 Å². The fourth-order valence-electron chi connectivity index (χ4n) is 1.56. The van der Waals surface area contributed by atoms with Crippen LogP contribution in [0.25, 0.3) is 0 Å². The van der Waals surface area contributed by atoms with Crippen LogP contribution in [0.1, 0.15) is 46.5 Å². The molecule has 0 aromatic carbocycles. The van der Waals surface area contributed by atoms with Crippen molar-refractivity contribution in [2.45, 2.75) is 51.7 Å². The van der Waals surface area contributed by atoms with Crippen LogP contribution >= 0.6 is 11.8 Å². The fourth-order valence-corrected chi connectivity index (χ4v) is 3.02. The van der Waals surface area contributed by atoms with Crippen LogP contribution in [0, 0.1) is 5.41 Å². The monoisotopic (exact) mass is 200 g/mol. The molecule has 13 heavy (non-hydrogen) atoms. The predicted molar refractivity (Wildman–Crippen MR) is 59.2 cm³/mol. The molecule has 0 bridgehead atoms. The minimum Gasteiger partial charge on any atom is -0.298 e. The first-order valence-corrected chi connectivity index (χ1v) is 6.28. The summed E-state index contributed by atoms with van der Waals surface area (Å²) in [5.74, 6) is 1.65. The third-order valence-electron chi connectivity index (χ3n) is 3.02. The van der Waals surface area contributed by atoms with Crippen LogP contribution in [0.15, 0.2) is 0 Å². The average Bonchev–Trinajstić information content (AvgIpc) is 2.18. The van der Waals surface area contributed by atoms with Crippen LogP contribution in [0.2, 0.25) is 0 Å². The number of hydrogen-bond acceptors (Lipinski definition) is 2. The summed E-state index contributed by atoms with van der Waals surface area (Å²) in [5.41, 5.74) is -0.102. The van der Waals surface area contributed by atoms with E-state index in [1.54, 1.807) is 0 Å². The fraction of sp³-hybridized carbons (Fsp3) is 0.909. The minimum atomic E-state index is -0.102. The number of carbonyl (C=O) groups is 1. The summed E-state index contributed by atoms with van der Waals surface area (Å²) in [6, 6.07) is 0. The zero-order chi connectivity index (χ0) is 9.90. The minimum absolute atomic E-state index is 0.102. The molecular weight excluding hydrogens is 180 g/mol. The standard InChI is InChI=1S/C11H20OS/c1-4-11(2,3)10(12)9-7-5-6-8-13-9/h9H,4-8H2,1-3H3. The van der Waals surface area contributed by atoms with Gasteiger partial charge in [0.25, 0.3) is 0 Å². The van der Waals surface area contributed by atoms with E-state index in [0.717, 1.165) is 12.8 Å². The Morgan fingerprint density at radius 2 is 2.15 bits per heavy atom. The maximum Gasteiger partial charge on any atom is 0.151 e. The first kappa shape index (κ1) is 11.1. The van der Waals surface area contributed by atoms with Crippen LogP contribution in [-0.2, 0) is 4.79 Å². The maximum absolute atomic E-state index is 12.0. The van der Waals surface area contributed by atoms with Gasteiger partial charge in [-0.2, -0.15) is 11.8 Å². The van der Waals surface area contributed by atoms with Crippen molar-refractivity contribution >= 4 is 17.5 Å². The van der Waals surface area contributed by atoms with Crippen molar-refractivity contribution in [2.75, 3.05) is 5.75 Å². The van der Waals surface area contributed by atoms with Gasteiger partial charge in [0.1, 0.15) is 0 Å². The van der Waals surface area contributed by atoms with E-state index in [-0.39, 0.29) is 5.41 Å². The number of Topliss-reactive ketones (excluding diaryl/α,β-unsaturated/α-hetero) is 1. The Labute approximate surface area is 85.7 Å². The number of ketones is 1. The Kier molecular flexibility index (Phi) is 3.84. The van der Waals surface area contributed by atoms with E-state index in [4.69, 9.17) is 0 Å². The molecule has 0 aromatic rings. The molecule has 1 heterocycles. The van der Waals surface area contributed by atoms with Crippen molar-refractivity contribution < 1.29 is 4.79 Å². The van der Waals surface area contributed by atoms with Crippen molar-refractivity contribution in [3.05, 3.63) is 0 Å². The summed E-state index contributed by atoms with van der Waals surface area (Å²) >= 11 is 1.86. The zero-order valence-corrected chi connectivity index (χ0v) is 9.75. The molecule has 2 heteroatoms. The zero-order valence-electron chi connectivity index (χ0n) is 8.93. The van der Waals surface area contributed by atoms with Gasteiger partial charge in [-0.05, 0) is 25.0 Å². The molecule has 1 rings (SSSR count). The van der Waals surface area contributed by atoms with Gasteiger partial charge in [0, 0.05) is 5.41 Å². The van der Waals surface area contributed by atoms with E-state index >= 15 is 0 Å². The molecule has 1 atom stereocenters. The van der Waals surface area contributed by atoms with Crippen molar-refractivity contribution in [2.24, 2.45) is 5.41 Å². The number of carbonyl (C=O) groups excluding carboxylic acids is 1. The Bertz CT molecular complexity index is 181. The van der Waals surface area contributed by atoms with E-state index in [9.17, 15) is 4.79 Å². The second-order valence-corrected chi connectivity index (χ2v) is 5.77. The first-order valence-electron chi connectivity index (χ1n) is 5.24. The summed E-state index contributed by atoms with van der Waals surface area (Å²) < 4.78 is 0. The van der Waals surface area contributed by atoms with Gasteiger partial charge >= 0.3 is 0 Å². The largest absolute Gasteiger partial charge is 0.298 e. The van der Waals surface area contributed by atoms with Crippen molar-refractivity contribution in [1.82, 2.24) is 0 Å². The summed E-state index contributed by atoms with van der Waals surface area (Å²) in [6.07, 6.45) is 4.60. The van der Waals surface area contributed by atoms with Crippen LogP contribution in [0.4, 0.5) is 0 Å². The van der Waals surface area contributed by atoms with Gasteiger partial charge in [-0.3, -0.25) is 4.79 Å². The van der Waals surface area contributed by atoms with E-state index in [1.165, 1.54) is 18.6 Å². The number of rotatable bonds is 3. The highest BCUT2D eigenvalue weighted by atomic mass is 32.2. The maximum atomic E-state index is 12.0. The molecule has 0 radical (unpaired) electrons. The third kappa shape index (κ3) is 2.73. The Hall–Kier alpha value is 0.0200.